The molecule has 2 heterocycles. The maximum Gasteiger partial charge on any atom is 0.266 e. The first-order valence-corrected chi connectivity index (χ1v) is 12.4. The molecule has 1 amide bonds. The van der Waals surface area contributed by atoms with Gasteiger partial charge in [-0.25, -0.2) is 17.8 Å². The molecule has 4 rings (SSSR count). The van der Waals surface area contributed by atoms with Crippen LogP contribution in [0.4, 0.5) is 4.39 Å². The van der Waals surface area contributed by atoms with Gasteiger partial charge in [0.05, 0.1) is 33.8 Å². The SMILES string of the molecule is CN(C(=O)CSc1nc2ccccc2c(=O)n1-c1ccccc1F)[C@H]1CCS(=O)(=O)C1. The molecule has 2 aromatic carbocycles. The van der Waals surface area contributed by atoms with E-state index in [0.717, 1.165) is 11.8 Å². The molecule has 0 bridgehead atoms. The molecule has 1 aromatic heterocycles. The Balaban J connectivity index is 1.67. The van der Waals surface area contributed by atoms with Gasteiger partial charge in [-0.05, 0) is 30.7 Å². The fraction of sp³-hybridized carbons (Fsp3) is 0.286. The number of halogens is 1. The lowest BCUT2D eigenvalue weighted by atomic mass is 10.2. The Labute approximate surface area is 182 Å². The van der Waals surface area contributed by atoms with E-state index in [9.17, 15) is 22.4 Å². The summed E-state index contributed by atoms with van der Waals surface area (Å²) in [4.78, 5) is 31.8. The fourth-order valence-electron chi connectivity index (χ4n) is 3.57. The highest BCUT2D eigenvalue weighted by Gasteiger charge is 2.32. The van der Waals surface area contributed by atoms with Crippen LogP contribution in [0.15, 0.2) is 58.5 Å². The number of rotatable bonds is 5. The standard InChI is InChI=1S/C21H20FN3O4S2/c1-24(14-10-11-31(28,29)13-14)19(26)12-30-21-23-17-8-4-2-6-15(17)20(27)25(21)18-9-5-3-7-16(18)22/h2-9,14H,10-13H2,1H3/t14-/m0/s1. The molecule has 1 atom stereocenters. The second-order valence-corrected chi connectivity index (χ2v) is 10.5. The number of carbonyl (C=O) groups excluding carboxylic acids is 1. The summed E-state index contributed by atoms with van der Waals surface area (Å²) in [6.07, 6.45) is 0.406. The van der Waals surface area contributed by atoms with Crippen molar-refractivity contribution in [2.45, 2.75) is 17.6 Å². The Morgan fingerprint density at radius 1 is 1.23 bits per heavy atom. The van der Waals surface area contributed by atoms with Gasteiger partial charge in [-0.15, -0.1) is 0 Å². The van der Waals surface area contributed by atoms with Crippen LogP contribution >= 0.6 is 11.8 Å². The second-order valence-electron chi connectivity index (χ2n) is 7.35. The molecule has 0 saturated carbocycles. The van der Waals surface area contributed by atoms with E-state index in [1.54, 1.807) is 37.4 Å². The molecular formula is C21H20FN3O4S2. The van der Waals surface area contributed by atoms with Crippen molar-refractivity contribution in [3.8, 4) is 5.69 Å². The van der Waals surface area contributed by atoms with Gasteiger partial charge in [-0.2, -0.15) is 0 Å². The van der Waals surface area contributed by atoms with Gasteiger partial charge in [0.1, 0.15) is 5.82 Å². The van der Waals surface area contributed by atoms with E-state index in [0.29, 0.717) is 17.3 Å². The third kappa shape index (κ3) is 4.35. The van der Waals surface area contributed by atoms with Crippen molar-refractivity contribution in [3.63, 3.8) is 0 Å². The fourth-order valence-corrected chi connectivity index (χ4v) is 6.27. The first-order valence-electron chi connectivity index (χ1n) is 9.62. The van der Waals surface area contributed by atoms with E-state index in [1.807, 2.05) is 0 Å². The Morgan fingerprint density at radius 3 is 2.65 bits per heavy atom. The predicted octanol–water partition coefficient (Wildman–Crippen LogP) is 2.26. The summed E-state index contributed by atoms with van der Waals surface area (Å²) < 4.78 is 39.1. The quantitative estimate of drug-likeness (QED) is 0.428. The van der Waals surface area contributed by atoms with E-state index in [4.69, 9.17) is 0 Å². The Kier molecular flexibility index (Phi) is 5.85. The highest BCUT2D eigenvalue weighted by molar-refractivity contribution is 7.99. The summed E-state index contributed by atoms with van der Waals surface area (Å²) in [5.41, 5.74) is 0.0714. The molecule has 162 valence electrons. The van der Waals surface area contributed by atoms with Crippen molar-refractivity contribution in [2.24, 2.45) is 0 Å². The van der Waals surface area contributed by atoms with Crippen LogP contribution in [-0.2, 0) is 14.6 Å². The van der Waals surface area contributed by atoms with Gasteiger partial charge in [0.2, 0.25) is 5.91 Å². The first kappa shape index (κ1) is 21.5. The number of fused-ring (bicyclic) bond motifs is 1. The van der Waals surface area contributed by atoms with Crippen LogP contribution in [0.25, 0.3) is 16.6 Å². The number of aromatic nitrogens is 2. The maximum atomic E-state index is 14.5. The van der Waals surface area contributed by atoms with Gasteiger partial charge in [0, 0.05) is 13.1 Å². The lowest BCUT2D eigenvalue weighted by molar-refractivity contribution is -0.128. The van der Waals surface area contributed by atoms with Crippen molar-refractivity contribution in [1.82, 2.24) is 14.5 Å². The predicted molar refractivity (Wildman–Crippen MR) is 118 cm³/mol. The number of sulfone groups is 1. The summed E-state index contributed by atoms with van der Waals surface area (Å²) in [5, 5.41) is 0.532. The van der Waals surface area contributed by atoms with Crippen LogP contribution in [0, 0.1) is 5.82 Å². The molecule has 3 aromatic rings. The van der Waals surface area contributed by atoms with Gasteiger partial charge in [-0.1, -0.05) is 36.0 Å². The number of thioether (sulfide) groups is 1. The summed E-state index contributed by atoms with van der Waals surface area (Å²) >= 11 is 1.02. The third-order valence-corrected chi connectivity index (χ3v) is 7.99. The molecule has 0 spiro atoms. The van der Waals surface area contributed by atoms with Crippen LogP contribution in [-0.4, -0.2) is 59.1 Å². The van der Waals surface area contributed by atoms with E-state index in [-0.39, 0.29) is 40.1 Å². The molecule has 1 aliphatic rings. The minimum absolute atomic E-state index is 0.0476. The average molecular weight is 462 g/mol. The van der Waals surface area contributed by atoms with Gasteiger partial charge in [-0.3, -0.25) is 14.2 Å². The number of amides is 1. The van der Waals surface area contributed by atoms with Crippen molar-refractivity contribution in [3.05, 3.63) is 64.7 Å². The molecule has 1 saturated heterocycles. The van der Waals surface area contributed by atoms with Crippen molar-refractivity contribution < 1.29 is 17.6 Å². The highest BCUT2D eigenvalue weighted by Crippen LogP contribution is 2.24. The van der Waals surface area contributed by atoms with Crippen LogP contribution < -0.4 is 5.56 Å². The zero-order valence-electron chi connectivity index (χ0n) is 16.7. The largest absolute Gasteiger partial charge is 0.341 e. The van der Waals surface area contributed by atoms with Gasteiger partial charge >= 0.3 is 0 Å². The highest BCUT2D eigenvalue weighted by atomic mass is 32.2. The first-order chi connectivity index (χ1) is 14.8. The lowest BCUT2D eigenvalue weighted by Gasteiger charge is -2.23. The summed E-state index contributed by atoms with van der Waals surface area (Å²) in [6.45, 7) is 0. The summed E-state index contributed by atoms with van der Waals surface area (Å²) in [6, 6.07) is 12.3. The van der Waals surface area contributed by atoms with E-state index in [2.05, 4.69) is 4.98 Å². The molecule has 0 radical (unpaired) electrons. The third-order valence-electron chi connectivity index (χ3n) is 5.31. The van der Waals surface area contributed by atoms with Crippen LogP contribution in [0.5, 0.6) is 0 Å². The summed E-state index contributed by atoms with van der Waals surface area (Å²) in [5.74, 6) is -0.903. The van der Waals surface area contributed by atoms with Crippen molar-refractivity contribution >= 4 is 38.4 Å². The number of hydrogen-bond acceptors (Lipinski definition) is 6. The number of benzene rings is 2. The van der Waals surface area contributed by atoms with Crippen molar-refractivity contribution in [2.75, 3.05) is 24.3 Å². The smallest absolute Gasteiger partial charge is 0.266 e. The molecular weight excluding hydrogens is 441 g/mol. The Hall–Kier alpha value is -2.72. The lowest BCUT2D eigenvalue weighted by Crippen LogP contribution is -2.39. The van der Waals surface area contributed by atoms with Crippen LogP contribution in [0.2, 0.25) is 0 Å². The topological polar surface area (TPSA) is 89.3 Å². The van der Waals surface area contributed by atoms with Crippen molar-refractivity contribution in [1.29, 1.82) is 0 Å². The van der Waals surface area contributed by atoms with Gasteiger partial charge in [0.25, 0.3) is 5.56 Å². The molecule has 1 fully saturated rings. The molecule has 0 N–H and O–H groups in total. The molecule has 0 aliphatic carbocycles. The number of hydrogen-bond donors (Lipinski definition) is 0. The zero-order chi connectivity index (χ0) is 22.2. The van der Waals surface area contributed by atoms with Gasteiger partial charge in [0.15, 0.2) is 15.0 Å². The van der Waals surface area contributed by atoms with Crippen LogP contribution in [0.3, 0.4) is 0 Å². The Bertz CT molecular complexity index is 1320. The van der Waals surface area contributed by atoms with Crippen LogP contribution in [0.1, 0.15) is 6.42 Å². The number of para-hydroxylation sites is 2. The molecule has 7 nitrogen and oxygen atoms in total. The minimum atomic E-state index is -3.12. The second kappa shape index (κ2) is 8.43. The van der Waals surface area contributed by atoms with Gasteiger partial charge < -0.3 is 4.90 Å². The summed E-state index contributed by atoms with van der Waals surface area (Å²) in [7, 11) is -1.54. The molecule has 0 unspecified atom stereocenters. The number of nitrogens with zero attached hydrogens (tertiary/aromatic N) is 3. The van der Waals surface area contributed by atoms with E-state index >= 15 is 0 Å². The van der Waals surface area contributed by atoms with E-state index < -0.39 is 21.2 Å². The Morgan fingerprint density at radius 2 is 1.94 bits per heavy atom. The molecule has 31 heavy (non-hydrogen) atoms. The average Bonchev–Trinajstić information content (AvgIpc) is 3.12. The zero-order valence-corrected chi connectivity index (χ0v) is 18.3. The van der Waals surface area contributed by atoms with E-state index in [1.165, 1.54) is 27.7 Å². The minimum Gasteiger partial charge on any atom is -0.341 e. The number of carbonyl (C=O) groups is 1. The maximum absolute atomic E-state index is 14.5. The normalized spacial score (nSPS) is 17.7. The molecule has 10 heteroatoms. The monoisotopic (exact) mass is 461 g/mol. The molecule has 1 aliphatic heterocycles.